The Morgan fingerprint density at radius 1 is 1.00 bits per heavy atom. The zero-order chi connectivity index (χ0) is 16.9. The first-order valence-corrected chi connectivity index (χ1v) is 10.8. The zero-order valence-electron chi connectivity index (χ0n) is 14.6. The van der Waals surface area contributed by atoms with E-state index in [1.54, 1.807) is 22.7 Å². The number of unbranched alkanes of at least 4 members (excludes halogenated alkanes) is 2. The fraction of sp³-hybridized carbons (Fsp3) is 0.500. The minimum absolute atomic E-state index is 0.411. The SMILES string of the molecule is CCCCN(CCCC)CC(O)c1cc2sccc2c2ccsc12. The molecule has 1 N–H and O–H groups in total. The van der Waals surface area contributed by atoms with Gasteiger partial charge in [-0.3, -0.25) is 0 Å². The van der Waals surface area contributed by atoms with E-state index in [4.69, 9.17) is 0 Å². The maximum atomic E-state index is 11.0. The molecule has 130 valence electrons. The molecule has 0 radical (unpaired) electrons. The summed E-state index contributed by atoms with van der Waals surface area (Å²) in [6, 6.07) is 6.60. The monoisotopic (exact) mass is 361 g/mol. The van der Waals surface area contributed by atoms with E-state index in [1.165, 1.54) is 45.9 Å². The van der Waals surface area contributed by atoms with Crippen molar-refractivity contribution in [3.63, 3.8) is 0 Å². The largest absolute Gasteiger partial charge is 0.387 e. The second kappa shape index (κ2) is 8.43. The van der Waals surface area contributed by atoms with Crippen LogP contribution < -0.4 is 0 Å². The summed E-state index contributed by atoms with van der Waals surface area (Å²) in [5, 5.41) is 17.9. The van der Waals surface area contributed by atoms with Crippen molar-refractivity contribution in [2.45, 2.75) is 45.6 Å². The lowest BCUT2D eigenvalue weighted by molar-refractivity contribution is 0.112. The average Bonchev–Trinajstić information content (AvgIpc) is 3.24. The molecule has 0 aliphatic rings. The Morgan fingerprint density at radius 2 is 1.67 bits per heavy atom. The Hall–Kier alpha value is -0.940. The van der Waals surface area contributed by atoms with Gasteiger partial charge in [0.15, 0.2) is 0 Å². The molecule has 24 heavy (non-hydrogen) atoms. The minimum atomic E-state index is -0.411. The summed E-state index contributed by atoms with van der Waals surface area (Å²) in [5.74, 6) is 0. The number of rotatable bonds is 9. The van der Waals surface area contributed by atoms with Crippen LogP contribution in [0.1, 0.15) is 51.2 Å². The number of thiophene rings is 2. The summed E-state index contributed by atoms with van der Waals surface area (Å²) in [4.78, 5) is 2.44. The first-order valence-electron chi connectivity index (χ1n) is 9.02. The molecule has 1 unspecified atom stereocenters. The lowest BCUT2D eigenvalue weighted by Crippen LogP contribution is -2.30. The summed E-state index contributed by atoms with van der Waals surface area (Å²) < 4.78 is 2.53. The maximum Gasteiger partial charge on any atom is 0.0931 e. The van der Waals surface area contributed by atoms with Gasteiger partial charge in [0.25, 0.3) is 0 Å². The number of aliphatic hydroxyl groups excluding tert-OH is 1. The summed E-state index contributed by atoms with van der Waals surface area (Å²) in [5.41, 5.74) is 1.10. The summed E-state index contributed by atoms with van der Waals surface area (Å²) in [6.45, 7) is 7.37. The molecule has 0 saturated carbocycles. The van der Waals surface area contributed by atoms with E-state index in [2.05, 4.69) is 47.7 Å². The van der Waals surface area contributed by atoms with Gasteiger partial charge in [0, 0.05) is 32.3 Å². The Balaban J connectivity index is 1.85. The van der Waals surface area contributed by atoms with Crippen LogP contribution in [-0.2, 0) is 0 Å². The number of fused-ring (bicyclic) bond motifs is 3. The molecule has 1 aromatic carbocycles. The molecule has 3 aromatic rings. The topological polar surface area (TPSA) is 23.5 Å². The third-order valence-corrected chi connectivity index (χ3v) is 6.47. The molecule has 0 aliphatic carbocycles. The molecule has 0 saturated heterocycles. The van der Waals surface area contributed by atoms with E-state index < -0.39 is 6.10 Å². The van der Waals surface area contributed by atoms with Crippen molar-refractivity contribution in [2.75, 3.05) is 19.6 Å². The average molecular weight is 362 g/mol. The Morgan fingerprint density at radius 3 is 2.38 bits per heavy atom. The molecule has 0 spiro atoms. The molecule has 0 aliphatic heterocycles. The normalized spacial score (nSPS) is 13.3. The predicted octanol–water partition coefficient (Wildman–Crippen LogP) is 6.05. The van der Waals surface area contributed by atoms with Gasteiger partial charge >= 0.3 is 0 Å². The third-order valence-electron chi connectivity index (χ3n) is 4.65. The van der Waals surface area contributed by atoms with E-state index in [0.29, 0.717) is 0 Å². The number of aliphatic hydroxyl groups is 1. The highest BCUT2D eigenvalue weighted by Crippen LogP contribution is 2.37. The number of hydrogen-bond acceptors (Lipinski definition) is 4. The van der Waals surface area contributed by atoms with Crippen LogP contribution in [0.2, 0.25) is 0 Å². The van der Waals surface area contributed by atoms with Crippen molar-refractivity contribution in [3.8, 4) is 0 Å². The van der Waals surface area contributed by atoms with E-state index in [0.717, 1.165) is 25.2 Å². The van der Waals surface area contributed by atoms with Crippen LogP contribution in [0.15, 0.2) is 29.0 Å². The van der Waals surface area contributed by atoms with Gasteiger partial charge in [0.05, 0.1) is 6.10 Å². The third kappa shape index (κ3) is 3.83. The fourth-order valence-corrected chi connectivity index (χ4v) is 5.08. The number of nitrogens with zero attached hydrogens (tertiary/aromatic N) is 1. The molecule has 0 bridgehead atoms. The van der Waals surface area contributed by atoms with Crippen molar-refractivity contribution >= 4 is 42.8 Å². The molecule has 0 amide bonds. The molecule has 2 nitrogen and oxygen atoms in total. The molecule has 0 fully saturated rings. The van der Waals surface area contributed by atoms with Gasteiger partial charge in [-0.25, -0.2) is 0 Å². The number of hydrogen-bond donors (Lipinski definition) is 1. The highest BCUT2D eigenvalue weighted by atomic mass is 32.1. The predicted molar refractivity (Wildman–Crippen MR) is 108 cm³/mol. The van der Waals surface area contributed by atoms with Crippen molar-refractivity contribution < 1.29 is 5.11 Å². The Bertz CT molecular complexity index is 768. The van der Waals surface area contributed by atoms with E-state index >= 15 is 0 Å². The van der Waals surface area contributed by atoms with Crippen LogP contribution in [0.5, 0.6) is 0 Å². The van der Waals surface area contributed by atoms with Gasteiger partial charge in [-0.15, -0.1) is 22.7 Å². The first kappa shape index (κ1) is 17.9. The van der Waals surface area contributed by atoms with Gasteiger partial charge < -0.3 is 10.0 Å². The summed E-state index contributed by atoms with van der Waals surface area (Å²) in [7, 11) is 0. The molecule has 3 rings (SSSR count). The lowest BCUT2D eigenvalue weighted by Gasteiger charge is -2.25. The van der Waals surface area contributed by atoms with Gasteiger partial charge in [-0.05, 0) is 54.9 Å². The van der Waals surface area contributed by atoms with Crippen LogP contribution >= 0.6 is 22.7 Å². The van der Waals surface area contributed by atoms with Gasteiger partial charge in [-0.1, -0.05) is 26.7 Å². The van der Waals surface area contributed by atoms with Crippen LogP contribution in [-0.4, -0.2) is 29.6 Å². The summed E-state index contributed by atoms with van der Waals surface area (Å²) in [6.07, 6.45) is 4.40. The van der Waals surface area contributed by atoms with Crippen LogP contribution in [0.4, 0.5) is 0 Å². The van der Waals surface area contributed by atoms with E-state index in [1.807, 2.05) is 0 Å². The van der Waals surface area contributed by atoms with Crippen LogP contribution in [0.25, 0.3) is 20.2 Å². The van der Waals surface area contributed by atoms with Crippen molar-refractivity contribution in [3.05, 3.63) is 34.5 Å². The standard InChI is InChI=1S/C20H27NOS2/c1-3-5-9-21(10-6-4-2)14-18(22)17-13-19-15(7-11-23-19)16-8-12-24-20(16)17/h7-8,11-13,18,22H,3-6,9-10,14H2,1-2H3. The summed E-state index contributed by atoms with van der Waals surface area (Å²) >= 11 is 3.51. The maximum absolute atomic E-state index is 11.0. The highest BCUT2D eigenvalue weighted by Gasteiger charge is 2.18. The smallest absolute Gasteiger partial charge is 0.0931 e. The van der Waals surface area contributed by atoms with E-state index in [-0.39, 0.29) is 0 Å². The van der Waals surface area contributed by atoms with Gasteiger partial charge in [0.2, 0.25) is 0 Å². The molecular weight excluding hydrogens is 334 g/mol. The molecular formula is C20H27NOS2. The zero-order valence-corrected chi connectivity index (χ0v) is 16.3. The molecule has 4 heteroatoms. The Kier molecular flexibility index (Phi) is 6.28. The molecule has 2 heterocycles. The van der Waals surface area contributed by atoms with Crippen LogP contribution in [0.3, 0.4) is 0 Å². The Labute approximate surface area is 152 Å². The second-order valence-electron chi connectivity index (χ2n) is 6.49. The number of benzene rings is 1. The van der Waals surface area contributed by atoms with Crippen molar-refractivity contribution in [2.24, 2.45) is 0 Å². The second-order valence-corrected chi connectivity index (χ2v) is 8.35. The van der Waals surface area contributed by atoms with Gasteiger partial charge in [-0.2, -0.15) is 0 Å². The highest BCUT2D eigenvalue weighted by molar-refractivity contribution is 7.19. The van der Waals surface area contributed by atoms with Crippen molar-refractivity contribution in [1.29, 1.82) is 0 Å². The molecule has 2 aromatic heterocycles. The first-order chi connectivity index (χ1) is 11.7. The fourth-order valence-electron chi connectivity index (χ4n) is 3.26. The lowest BCUT2D eigenvalue weighted by atomic mass is 10.0. The minimum Gasteiger partial charge on any atom is -0.387 e. The van der Waals surface area contributed by atoms with Gasteiger partial charge in [0.1, 0.15) is 0 Å². The van der Waals surface area contributed by atoms with Crippen LogP contribution in [0, 0.1) is 0 Å². The van der Waals surface area contributed by atoms with Crippen molar-refractivity contribution in [1.82, 2.24) is 4.90 Å². The quantitative estimate of drug-likeness (QED) is 0.501. The van der Waals surface area contributed by atoms with E-state index in [9.17, 15) is 5.11 Å². The molecule has 1 atom stereocenters.